The lowest BCUT2D eigenvalue weighted by Crippen LogP contribution is -2.56. The summed E-state index contributed by atoms with van der Waals surface area (Å²) in [6.45, 7) is 5.57. The Morgan fingerprint density at radius 1 is 1.00 bits per heavy atom. The van der Waals surface area contributed by atoms with Crippen LogP contribution in [-0.4, -0.2) is 58.8 Å². The van der Waals surface area contributed by atoms with Crippen LogP contribution in [0.25, 0.3) is 0 Å². The Bertz CT molecular complexity index is 442. The second kappa shape index (κ2) is 11.8. The maximum Gasteiger partial charge on any atom is 0.326 e. The van der Waals surface area contributed by atoms with Gasteiger partial charge < -0.3 is 32.3 Å². The summed E-state index contributed by atoms with van der Waals surface area (Å²) in [5.74, 6) is -2.30. The fraction of sp³-hybridized carbons (Fsp3) is 0.812. The number of carboxylic acid groups (broad SMARTS) is 1. The summed E-state index contributed by atoms with van der Waals surface area (Å²) in [5.41, 5.74) is 11.0. The molecule has 0 saturated carbocycles. The number of aliphatic carboxylic acids is 1. The fourth-order valence-corrected chi connectivity index (χ4v) is 2.21. The van der Waals surface area contributed by atoms with E-state index in [1.165, 1.54) is 6.92 Å². The lowest BCUT2D eigenvalue weighted by atomic mass is 10.0. The number of aliphatic hydroxyl groups excluding tert-OH is 1. The largest absolute Gasteiger partial charge is 0.480 e. The molecular formula is C16H32N4O5. The minimum atomic E-state index is -1.16. The minimum absolute atomic E-state index is 0.0827. The number of carboxylic acids is 1. The van der Waals surface area contributed by atoms with Crippen LogP contribution in [0.2, 0.25) is 0 Å². The number of aliphatic hydroxyl groups is 1. The monoisotopic (exact) mass is 360 g/mol. The molecule has 0 aliphatic rings. The van der Waals surface area contributed by atoms with Gasteiger partial charge in [-0.3, -0.25) is 9.59 Å². The van der Waals surface area contributed by atoms with E-state index in [0.717, 1.165) is 0 Å². The molecular weight excluding hydrogens is 328 g/mol. The van der Waals surface area contributed by atoms with Gasteiger partial charge in [0.15, 0.2) is 0 Å². The van der Waals surface area contributed by atoms with Crippen molar-refractivity contribution in [2.75, 3.05) is 6.54 Å². The molecule has 4 atom stereocenters. The van der Waals surface area contributed by atoms with E-state index in [2.05, 4.69) is 10.6 Å². The lowest BCUT2D eigenvalue weighted by molar-refractivity contribution is -0.142. The van der Waals surface area contributed by atoms with Crippen molar-refractivity contribution < 1.29 is 24.6 Å². The molecule has 0 saturated heterocycles. The number of hydrogen-bond donors (Lipinski definition) is 6. The Morgan fingerprint density at radius 3 is 2.00 bits per heavy atom. The van der Waals surface area contributed by atoms with Crippen molar-refractivity contribution in [2.45, 2.75) is 70.7 Å². The van der Waals surface area contributed by atoms with Gasteiger partial charge in [-0.25, -0.2) is 4.79 Å². The molecule has 0 aromatic rings. The predicted octanol–water partition coefficient (Wildman–Crippen LogP) is -1.08. The van der Waals surface area contributed by atoms with Crippen molar-refractivity contribution in [3.8, 4) is 0 Å². The van der Waals surface area contributed by atoms with Crippen LogP contribution in [0.4, 0.5) is 0 Å². The topological polar surface area (TPSA) is 168 Å². The molecule has 9 nitrogen and oxygen atoms in total. The van der Waals surface area contributed by atoms with Gasteiger partial charge in [0, 0.05) is 0 Å². The molecule has 146 valence electrons. The highest BCUT2D eigenvalue weighted by atomic mass is 16.4. The highest BCUT2D eigenvalue weighted by molar-refractivity contribution is 5.91. The molecule has 0 aromatic carbocycles. The van der Waals surface area contributed by atoms with Crippen molar-refractivity contribution >= 4 is 17.8 Å². The Labute approximate surface area is 148 Å². The van der Waals surface area contributed by atoms with Gasteiger partial charge in [0.25, 0.3) is 0 Å². The number of rotatable bonds is 12. The van der Waals surface area contributed by atoms with E-state index < -0.39 is 42.0 Å². The van der Waals surface area contributed by atoms with Gasteiger partial charge in [-0.05, 0) is 45.1 Å². The first kappa shape index (κ1) is 23.3. The quantitative estimate of drug-likeness (QED) is 0.241. The van der Waals surface area contributed by atoms with Crippen molar-refractivity contribution in [1.82, 2.24) is 10.6 Å². The van der Waals surface area contributed by atoms with Gasteiger partial charge in [-0.1, -0.05) is 13.8 Å². The highest BCUT2D eigenvalue weighted by Crippen LogP contribution is 2.08. The van der Waals surface area contributed by atoms with E-state index in [0.29, 0.717) is 25.8 Å². The third-order valence-corrected chi connectivity index (χ3v) is 3.72. The normalized spacial score (nSPS) is 16.0. The maximum atomic E-state index is 12.4. The molecule has 0 rings (SSSR count). The Kier molecular flexibility index (Phi) is 11.0. The number of nitrogens with one attached hydrogen (secondary N) is 2. The van der Waals surface area contributed by atoms with Gasteiger partial charge in [-0.2, -0.15) is 0 Å². The third-order valence-electron chi connectivity index (χ3n) is 3.72. The lowest BCUT2D eigenvalue weighted by Gasteiger charge is -2.24. The average molecular weight is 360 g/mol. The van der Waals surface area contributed by atoms with E-state index >= 15 is 0 Å². The number of carbonyl (C=O) groups is 3. The van der Waals surface area contributed by atoms with Crippen LogP contribution < -0.4 is 22.1 Å². The zero-order chi connectivity index (χ0) is 19.6. The number of carbonyl (C=O) groups excluding carboxylic acids is 2. The molecule has 0 heterocycles. The van der Waals surface area contributed by atoms with Crippen molar-refractivity contribution in [2.24, 2.45) is 17.4 Å². The molecule has 0 bridgehead atoms. The first-order chi connectivity index (χ1) is 11.6. The van der Waals surface area contributed by atoms with E-state index in [-0.39, 0.29) is 12.3 Å². The SMILES string of the molecule is CC(C)C[C@H](NC(=O)[C@@H](N)[C@@H](C)O)C(=O)N[C@@H](CCCCN)C(=O)O. The van der Waals surface area contributed by atoms with Gasteiger partial charge in [-0.15, -0.1) is 0 Å². The summed E-state index contributed by atoms with van der Waals surface area (Å²) >= 11 is 0. The molecule has 0 unspecified atom stereocenters. The second-order valence-electron chi connectivity index (χ2n) is 6.64. The zero-order valence-corrected chi connectivity index (χ0v) is 15.2. The molecule has 0 aliphatic heterocycles. The van der Waals surface area contributed by atoms with Gasteiger partial charge in [0.05, 0.1) is 6.10 Å². The molecule has 0 fully saturated rings. The van der Waals surface area contributed by atoms with E-state index in [1.54, 1.807) is 0 Å². The zero-order valence-electron chi connectivity index (χ0n) is 15.2. The van der Waals surface area contributed by atoms with Crippen LogP contribution >= 0.6 is 0 Å². The summed E-state index contributed by atoms with van der Waals surface area (Å²) in [7, 11) is 0. The van der Waals surface area contributed by atoms with Crippen molar-refractivity contribution in [3.63, 3.8) is 0 Å². The van der Waals surface area contributed by atoms with Crippen molar-refractivity contribution in [3.05, 3.63) is 0 Å². The van der Waals surface area contributed by atoms with E-state index in [4.69, 9.17) is 11.5 Å². The van der Waals surface area contributed by atoms with Crippen LogP contribution in [0.5, 0.6) is 0 Å². The molecule has 2 amide bonds. The Morgan fingerprint density at radius 2 is 1.56 bits per heavy atom. The van der Waals surface area contributed by atoms with E-state index in [9.17, 15) is 24.6 Å². The van der Waals surface area contributed by atoms with Crippen LogP contribution in [0.3, 0.4) is 0 Å². The number of unbranched alkanes of at least 4 members (excludes halogenated alkanes) is 1. The molecule has 25 heavy (non-hydrogen) atoms. The second-order valence-corrected chi connectivity index (χ2v) is 6.64. The highest BCUT2D eigenvalue weighted by Gasteiger charge is 2.29. The summed E-state index contributed by atoms with van der Waals surface area (Å²) in [6, 6.07) is -3.13. The molecule has 9 heteroatoms. The average Bonchev–Trinajstić information content (AvgIpc) is 2.51. The van der Waals surface area contributed by atoms with Gasteiger partial charge in [0.2, 0.25) is 11.8 Å². The van der Waals surface area contributed by atoms with Crippen LogP contribution in [0, 0.1) is 5.92 Å². The molecule has 0 spiro atoms. The Balaban J connectivity index is 4.96. The number of nitrogens with two attached hydrogens (primary N) is 2. The molecule has 0 radical (unpaired) electrons. The first-order valence-corrected chi connectivity index (χ1v) is 8.57. The van der Waals surface area contributed by atoms with Gasteiger partial charge >= 0.3 is 5.97 Å². The summed E-state index contributed by atoms with van der Waals surface area (Å²) in [6.07, 6.45) is 0.745. The van der Waals surface area contributed by atoms with Crippen LogP contribution in [0.1, 0.15) is 46.5 Å². The smallest absolute Gasteiger partial charge is 0.326 e. The van der Waals surface area contributed by atoms with Crippen LogP contribution in [0.15, 0.2) is 0 Å². The first-order valence-electron chi connectivity index (χ1n) is 8.57. The summed E-state index contributed by atoms with van der Waals surface area (Å²) in [5, 5.41) is 23.6. The molecule has 0 aromatic heterocycles. The fourth-order valence-electron chi connectivity index (χ4n) is 2.21. The molecule has 0 aliphatic carbocycles. The predicted molar refractivity (Wildman–Crippen MR) is 93.5 cm³/mol. The van der Waals surface area contributed by atoms with Crippen molar-refractivity contribution in [1.29, 1.82) is 0 Å². The van der Waals surface area contributed by atoms with Crippen LogP contribution in [-0.2, 0) is 14.4 Å². The third kappa shape index (κ3) is 9.37. The standard InChI is InChI=1S/C16H32N4O5/c1-9(2)8-12(20-15(23)13(18)10(3)21)14(22)19-11(16(24)25)6-4-5-7-17/h9-13,21H,4-8,17-18H2,1-3H3,(H,19,22)(H,20,23)(H,24,25)/t10-,11+,12+,13+/m1/s1. The number of amides is 2. The molecule has 8 N–H and O–H groups in total. The van der Waals surface area contributed by atoms with E-state index in [1.807, 2.05) is 13.8 Å². The Hall–Kier alpha value is -1.71. The summed E-state index contributed by atoms with van der Waals surface area (Å²) in [4.78, 5) is 35.7. The number of hydrogen-bond acceptors (Lipinski definition) is 6. The minimum Gasteiger partial charge on any atom is -0.480 e. The van der Waals surface area contributed by atoms with Gasteiger partial charge in [0.1, 0.15) is 18.1 Å². The maximum absolute atomic E-state index is 12.4. The summed E-state index contributed by atoms with van der Waals surface area (Å²) < 4.78 is 0.